The summed E-state index contributed by atoms with van der Waals surface area (Å²) in [5.41, 5.74) is 6.32. The lowest BCUT2D eigenvalue weighted by Gasteiger charge is -2.34. The van der Waals surface area contributed by atoms with Gasteiger partial charge < -0.3 is 20.4 Å². The lowest BCUT2D eigenvalue weighted by Crippen LogP contribution is -2.44. The largest absolute Gasteiger partial charge is 0.369 e. The average Bonchev–Trinajstić information content (AvgIpc) is 3.67. The Kier molecular flexibility index (Phi) is 6.28. The molecule has 1 saturated heterocycles. The number of hydrogen-bond donors (Lipinski definition) is 3. The number of carbonyl (C=O) groups is 1. The first-order valence-corrected chi connectivity index (χ1v) is 12.7. The van der Waals surface area contributed by atoms with Gasteiger partial charge in [0.15, 0.2) is 0 Å². The van der Waals surface area contributed by atoms with Gasteiger partial charge in [0.1, 0.15) is 5.69 Å². The van der Waals surface area contributed by atoms with Crippen LogP contribution in [0.25, 0.3) is 22.5 Å². The van der Waals surface area contributed by atoms with Crippen molar-refractivity contribution in [3.05, 3.63) is 67.0 Å². The van der Waals surface area contributed by atoms with Gasteiger partial charge in [0.2, 0.25) is 11.9 Å². The van der Waals surface area contributed by atoms with Crippen molar-refractivity contribution >= 4 is 28.9 Å². The molecule has 2 aliphatic rings. The molecule has 9 nitrogen and oxygen atoms in total. The third-order valence-corrected chi connectivity index (χ3v) is 6.92. The first-order chi connectivity index (χ1) is 18.1. The highest BCUT2D eigenvalue weighted by atomic mass is 16.2. The summed E-state index contributed by atoms with van der Waals surface area (Å²) < 4.78 is 0. The number of benzene rings is 2. The second-order valence-electron chi connectivity index (χ2n) is 9.72. The van der Waals surface area contributed by atoms with Gasteiger partial charge in [-0.2, -0.15) is 5.10 Å². The fourth-order valence-corrected chi connectivity index (χ4v) is 4.55. The Hall–Kier alpha value is -4.24. The number of hydrogen-bond acceptors (Lipinski definition) is 7. The van der Waals surface area contributed by atoms with Crippen LogP contribution in [0, 0.1) is 5.92 Å². The summed E-state index contributed by atoms with van der Waals surface area (Å²) in [5, 5.41) is 13.8. The van der Waals surface area contributed by atoms with Crippen LogP contribution in [0.5, 0.6) is 0 Å². The zero-order valence-corrected chi connectivity index (χ0v) is 20.8. The highest BCUT2D eigenvalue weighted by Gasteiger charge is 2.29. The molecular formula is C28H30N8O. The molecular weight excluding hydrogens is 464 g/mol. The Labute approximate surface area is 215 Å². The van der Waals surface area contributed by atoms with Gasteiger partial charge in [-0.1, -0.05) is 18.2 Å². The van der Waals surface area contributed by atoms with E-state index >= 15 is 0 Å². The highest BCUT2D eigenvalue weighted by Crippen LogP contribution is 2.32. The van der Waals surface area contributed by atoms with Crippen LogP contribution in [0.15, 0.2) is 67.0 Å². The van der Waals surface area contributed by atoms with E-state index in [0.29, 0.717) is 5.95 Å². The molecule has 2 fully saturated rings. The summed E-state index contributed by atoms with van der Waals surface area (Å²) in [4.78, 5) is 26.0. The van der Waals surface area contributed by atoms with Crippen molar-refractivity contribution in [2.45, 2.75) is 12.8 Å². The van der Waals surface area contributed by atoms with Crippen molar-refractivity contribution in [1.29, 1.82) is 0 Å². The number of amides is 1. The van der Waals surface area contributed by atoms with Crippen molar-refractivity contribution in [2.75, 3.05) is 48.8 Å². The highest BCUT2D eigenvalue weighted by molar-refractivity contribution is 5.94. The maximum atomic E-state index is 12.0. The second kappa shape index (κ2) is 10.0. The van der Waals surface area contributed by atoms with Crippen molar-refractivity contribution < 1.29 is 4.79 Å². The number of aromatic amines is 1. The first kappa shape index (κ1) is 23.2. The van der Waals surface area contributed by atoms with Gasteiger partial charge in [0, 0.05) is 72.7 Å². The third kappa shape index (κ3) is 5.31. The number of piperazine rings is 1. The standard InChI is InChI=1S/C28H30N8O/c1-35-13-15-36(16-14-35)23-4-2-3-22(17-23)32-28-29-12-11-25(33-28)24-18-30-34-26(24)19-7-9-21(10-8-19)31-27(37)20-5-6-20/h2-4,7-12,17-18,20H,5-6,13-16H2,1H3,(H,30,34)(H,31,37)(H,29,32,33). The summed E-state index contributed by atoms with van der Waals surface area (Å²) in [6.07, 6.45) is 5.57. The lowest BCUT2D eigenvalue weighted by molar-refractivity contribution is -0.117. The van der Waals surface area contributed by atoms with E-state index < -0.39 is 0 Å². The van der Waals surface area contributed by atoms with Gasteiger partial charge in [0.25, 0.3) is 0 Å². The number of rotatable bonds is 7. The van der Waals surface area contributed by atoms with E-state index in [1.807, 2.05) is 42.6 Å². The molecule has 1 aliphatic carbocycles. The predicted octanol–water partition coefficient (Wildman–Crippen LogP) is 4.38. The summed E-state index contributed by atoms with van der Waals surface area (Å²) in [6.45, 7) is 4.16. The molecule has 0 atom stereocenters. The molecule has 188 valence electrons. The molecule has 3 N–H and O–H groups in total. The second-order valence-corrected chi connectivity index (χ2v) is 9.72. The van der Waals surface area contributed by atoms with Gasteiger partial charge in [0.05, 0.1) is 5.69 Å². The predicted molar refractivity (Wildman–Crippen MR) is 146 cm³/mol. The molecule has 0 spiro atoms. The molecule has 0 unspecified atom stereocenters. The Morgan fingerprint density at radius 2 is 1.81 bits per heavy atom. The lowest BCUT2D eigenvalue weighted by atomic mass is 10.1. The number of anilines is 4. The molecule has 3 heterocycles. The average molecular weight is 495 g/mol. The van der Waals surface area contributed by atoms with E-state index in [9.17, 15) is 4.79 Å². The van der Waals surface area contributed by atoms with Gasteiger partial charge >= 0.3 is 0 Å². The van der Waals surface area contributed by atoms with Gasteiger partial charge in [-0.3, -0.25) is 9.89 Å². The van der Waals surface area contributed by atoms with Crippen molar-refractivity contribution in [2.24, 2.45) is 5.92 Å². The summed E-state index contributed by atoms with van der Waals surface area (Å²) >= 11 is 0. The zero-order chi connectivity index (χ0) is 25.2. The zero-order valence-electron chi connectivity index (χ0n) is 20.8. The normalized spacial score (nSPS) is 16.0. The van der Waals surface area contributed by atoms with Crippen LogP contribution in [0.4, 0.5) is 23.0 Å². The Morgan fingerprint density at radius 3 is 2.59 bits per heavy atom. The first-order valence-electron chi connectivity index (χ1n) is 12.7. The van der Waals surface area contributed by atoms with Crippen molar-refractivity contribution in [3.63, 3.8) is 0 Å². The van der Waals surface area contributed by atoms with Crippen LogP contribution in [-0.4, -0.2) is 64.2 Å². The molecule has 4 aromatic rings. The third-order valence-electron chi connectivity index (χ3n) is 6.92. The molecule has 37 heavy (non-hydrogen) atoms. The molecule has 0 bridgehead atoms. The smallest absolute Gasteiger partial charge is 0.227 e. The van der Waals surface area contributed by atoms with Crippen molar-refractivity contribution in [3.8, 4) is 22.5 Å². The topological polar surface area (TPSA) is 102 Å². The van der Waals surface area contributed by atoms with Gasteiger partial charge in [-0.05, 0) is 56.3 Å². The van der Waals surface area contributed by atoms with Crippen LogP contribution < -0.4 is 15.5 Å². The monoisotopic (exact) mass is 494 g/mol. The number of likely N-dealkylation sites (N-methyl/N-ethyl adjacent to an activating group) is 1. The summed E-state index contributed by atoms with van der Waals surface area (Å²) in [6, 6.07) is 18.0. The fraction of sp³-hybridized carbons (Fsp3) is 0.286. The molecule has 0 radical (unpaired) electrons. The van der Waals surface area contributed by atoms with E-state index in [2.05, 4.69) is 60.9 Å². The van der Waals surface area contributed by atoms with E-state index in [1.54, 1.807) is 6.20 Å². The molecule has 1 amide bonds. The van der Waals surface area contributed by atoms with E-state index in [0.717, 1.165) is 72.9 Å². The van der Waals surface area contributed by atoms with Crippen molar-refractivity contribution in [1.82, 2.24) is 25.1 Å². The number of aromatic nitrogens is 4. The number of nitrogens with one attached hydrogen (secondary N) is 3. The number of H-pyrrole nitrogens is 1. The quantitative estimate of drug-likeness (QED) is 0.350. The van der Waals surface area contributed by atoms with Crippen LogP contribution >= 0.6 is 0 Å². The van der Waals surface area contributed by atoms with Gasteiger partial charge in [-0.15, -0.1) is 0 Å². The van der Waals surface area contributed by atoms with Crippen LogP contribution in [0.1, 0.15) is 12.8 Å². The Bertz CT molecular complexity index is 1390. The van der Waals surface area contributed by atoms with Crippen LogP contribution in [-0.2, 0) is 4.79 Å². The molecule has 9 heteroatoms. The van der Waals surface area contributed by atoms with E-state index in [4.69, 9.17) is 4.98 Å². The minimum absolute atomic E-state index is 0.100. The Morgan fingerprint density at radius 1 is 1.00 bits per heavy atom. The Balaban J connectivity index is 1.18. The minimum Gasteiger partial charge on any atom is -0.369 e. The molecule has 2 aromatic heterocycles. The van der Waals surface area contributed by atoms with E-state index in [1.165, 1.54) is 5.69 Å². The maximum Gasteiger partial charge on any atom is 0.227 e. The summed E-state index contributed by atoms with van der Waals surface area (Å²) in [7, 11) is 2.16. The SMILES string of the molecule is CN1CCN(c2cccc(Nc3nccc(-c4c[nH]nc4-c4ccc(NC(=O)C5CC5)cc4)n3)c2)CC1. The molecule has 2 aromatic carbocycles. The molecule has 6 rings (SSSR count). The molecule has 1 aliphatic heterocycles. The van der Waals surface area contributed by atoms with Gasteiger partial charge in [-0.25, -0.2) is 9.97 Å². The minimum atomic E-state index is 0.100. The molecule has 1 saturated carbocycles. The number of nitrogens with zero attached hydrogens (tertiary/aromatic N) is 5. The van der Waals surface area contributed by atoms with E-state index in [-0.39, 0.29) is 11.8 Å². The fourth-order valence-electron chi connectivity index (χ4n) is 4.55. The number of carbonyl (C=O) groups excluding carboxylic acids is 1. The van der Waals surface area contributed by atoms with Crippen LogP contribution in [0.2, 0.25) is 0 Å². The van der Waals surface area contributed by atoms with Crippen LogP contribution in [0.3, 0.4) is 0 Å². The maximum absolute atomic E-state index is 12.0. The summed E-state index contributed by atoms with van der Waals surface area (Å²) in [5.74, 6) is 0.800.